The maximum absolute atomic E-state index is 4.35. The normalized spacial score (nSPS) is 18.7. The second-order valence-electron chi connectivity index (χ2n) is 3.61. The van der Waals surface area contributed by atoms with Crippen LogP contribution in [0.4, 0.5) is 5.69 Å². The Kier molecular flexibility index (Phi) is 2.72. The molecule has 1 unspecified atom stereocenters. The van der Waals surface area contributed by atoms with Crippen molar-refractivity contribution in [1.29, 1.82) is 0 Å². The van der Waals surface area contributed by atoms with Crippen molar-refractivity contribution in [3.8, 4) is 0 Å². The molecule has 0 amide bonds. The first kappa shape index (κ1) is 9.77. The fraction of sp³-hybridized carbons (Fsp3) is 0.250. The summed E-state index contributed by atoms with van der Waals surface area (Å²) < 4.78 is 0. The highest BCUT2D eigenvalue weighted by molar-refractivity contribution is 5.60. The Hall–Kier alpha value is -1.77. The first-order valence-corrected chi connectivity index (χ1v) is 5.02. The number of nitrogens with one attached hydrogen (secondary N) is 1. The summed E-state index contributed by atoms with van der Waals surface area (Å²) in [6, 6.07) is 8.32. The zero-order valence-corrected chi connectivity index (χ0v) is 9.01. The molecule has 0 fully saturated rings. The number of likely N-dealkylation sites (N-methyl/N-ethyl adjacent to an activating group) is 1. The van der Waals surface area contributed by atoms with Gasteiger partial charge < -0.3 is 10.2 Å². The van der Waals surface area contributed by atoms with Gasteiger partial charge in [-0.25, -0.2) is 4.99 Å². The number of anilines is 1. The van der Waals surface area contributed by atoms with Crippen LogP contribution >= 0.6 is 0 Å². The average Bonchev–Trinajstić information content (AvgIpc) is 2.30. The van der Waals surface area contributed by atoms with Gasteiger partial charge in [-0.05, 0) is 24.6 Å². The number of aryl methyl sites for hydroxylation is 1. The van der Waals surface area contributed by atoms with Gasteiger partial charge in [-0.1, -0.05) is 18.2 Å². The summed E-state index contributed by atoms with van der Waals surface area (Å²) in [6.07, 6.45) is 5.76. The van der Waals surface area contributed by atoms with Crippen molar-refractivity contribution in [1.82, 2.24) is 5.32 Å². The second kappa shape index (κ2) is 4.17. The maximum atomic E-state index is 4.35. The minimum Gasteiger partial charge on any atom is -0.353 e. The Morgan fingerprint density at radius 2 is 2.13 bits per heavy atom. The monoisotopic (exact) mass is 201 g/mol. The van der Waals surface area contributed by atoms with Gasteiger partial charge in [0.1, 0.15) is 6.17 Å². The minimum atomic E-state index is 0.0901. The van der Waals surface area contributed by atoms with Crippen LogP contribution in [0.3, 0.4) is 0 Å². The molecule has 1 aromatic carbocycles. The van der Waals surface area contributed by atoms with Crippen molar-refractivity contribution >= 4 is 12.0 Å². The van der Waals surface area contributed by atoms with Crippen LogP contribution in [0.1, 0.15) is 5.56 Å². The van der Waals surface area contributed by atoms with Crippen LogP contribution in [-0.4, -0.2) is 19.6 Å². The van der Waals surface area contributed by atoms with Gasteiger partial charge in [0.25, 0.3) is 0 Å². The first-order valence-electron chi connectivity index (χ1n) is 5.02. The van der Waals surface area contributed by atoms with E-state index in [0.29, 0.717) is 0 Å². The molecule has 0 spiro atoms. The molecule has 0 saturated heterocycles. The number of para-hydroxylation sites is 1. The molecule has 1 aliphatic rings. The van der Waals surface area contributed by atoms with Crippen molar-refractivity contribution in [3.05, 3.63) is 42.1 Å². The molecule has 1 N–H and O–H groups in total. The third-order valence-corrected chi connectivity index (χ3v) is 2.56. The molecule has 3 heteroatoms. The van der Waals surface area contributed by atoms with Gasteiger partial charge >= 0.3 is 0 Å². The molecule has 0 radical (unpaired) electrons. The van der Waals surface area contributed by atoms with Crippen LogP contribution in [0.5, 0.6) is 0 Å². The quantitative estimate of drug-likeness (QED) is 0.791. The molecule has 0 saturated carbocycles. The lowest BCUT2D eigenvalue weighted by Crippen LogP contribution is -2.31. The van der Waals surface area contributed by atoms with Crippen molar-refractivity contribution in [2.45, 2.75) is 13.1 Å². The Labute approximate surface area is 90.1 Å². The zero-order chi connectivity index (χ0) is 10.7. The predicted molar refractivity (Wildman–Crippen MR) is 64.1 cm³/mol. The van der Waals surface area contributed by atoms with E-state index in [-0.39, 0.29) is 6.17 Å². The highest BCUT2D eigenvalue weighted by Crippen LogP contribution is 2.21. The molecule has 0 aromatic heterocycles. The lowest BCUT2D eigenvalue weighted by Gasteiger charge is -2.27. The molecule has 1 heterocycles. The number of aliphatic imine (C=N–C) groups is 1. The van der Waals surface area contributed by atoms with E-state index < -0.39 is 0 Å². The maximum Gasteiger partial charge on any atom is 0.143 e. The largest absolute Gasteiger partial charge is 0.353 e. The fourth-order valence-electron chi connectivity index (χ4n) is 1.68. The number of benzene rings is 1. The molecule has 3 nitrogen and oxygen atoms in total. The van der Waals surface area contributed by atoms with Gasteiger partial charge in [0, 0.05) is 18.9 Å². The van der Waals surface area contributed by atoms with E-state index in [1.54, 1.807) is 6.34 Å². The smallest absolute Gasteiger partial charge is 0.143 e. The zero-order valence-electron chi connectivity index (χ0n) is 9.01. The minimum absolute atomic E-state index is 0.0901. The lowest BCUT2D eigenvalue weighted by atomic mass is 10.2. The number of nitrogens with zero attached hydrogens (tertiary/aromatic N) is 2. The molecular weight excluding hydrogens is 186 g/mol. The van der Waals surface area contributed by atoms with E-state index in [0.717, 1.165) is 0 Å². The summed E-state index contributed by atoms with van der Waals surface area (Å²) in [4.78, 5) is 6.51. The van der Waals surface area contributed by atoms with Crippen LogP contribution in [0, 0.1) is 6.92 Å². The average molecular weight is 201 g/mol. The molecule has 1 aromatic rings. The van der Waals surface area contributed by atoms with Crippen molar-refractivity contribution in [2.24, 2.45) is 4.99 Å². The third-order valence-electron chi connectivity index (χ3n) is 2.56. The summed E-state index contributed by atoms with van der Waals surface area (Å²) in [5, 5.41) is 2.94. The van der Waals surface area contributed by atoms with E-state index >= 15 is 0 Å². The van der Waals surface area contributed by atoms with E-state index in [4.69, 9.17) is 0 Å². The molecule has 15 heavy (non-hydrogen) atoms. The molecule has 2 rings (SSSR count). The van der Waals surface area contributed by atoms with Crippen LogP contribution in [-0.2, 0) is 0 Å². The highest BCUT2D eigenvalue weighted by atomic mass is 15.2. The van der Waals surface area contributed by atoms with E-state index in [2.05, 4.69) is 41.3 Å². The Bertz CT molecular complexity index is 384. The SMILES string of the molecule is Cc1ccccc1N(C)C1C=CNC=N1. The third kappa shape index (κ3) is 2.01. The van der Waals surface area contributed by atoms with Crippen molar-refractivity contribution in [3.63, 3.8) is 0 Å². The Balaban J connectivity index is 2.24. The van der Waals surface area contributed by atoms with Gasteiger partial charge in [0.05, 0.1) is 6.34 Å². The summed E-state index contributed by atoms with van der Waals surface area (Å²) in [5.74, 6) is 0. The van der Waals surface area contributed by atoms with Gasteiger partial charge in [-0.15, -0.1) is 0 Å². The Morgan fingerprint density at radius 3 is 2.80 bits per heavy atom. The summed E-state index contributed by atoms with van der Waals surface area (Å²) in [7, 11) is 2.06. The van der Waals surface area contributed by atoms with Gasteiger partial charge in [0.15, 0.2) is 0 Å². The first-order chi connectivity index (χ1) is 7.29. The van der Waals surface area contributed by atoms with Gasteiger partial charge in [-0.2, -0.15) is 0 Å². The predicted octanol–water partition coefficient (Wildman–Crippen LogP) is 1.90. The summed E-state index contributed by atoms with van der Waals surface area (Å²) in [6.45, 7) is 2.11. The standard InChI is InChI=1S/C12H15N3/c1-10-5-3-4-6-11(10)15(2)12-7-8-13-9-14-12/h3-9,12H,1-2H3,(H,13,14). The number of rotatable bonds is 2. The molecule has 0 aliphatic carbocycles. The topological polar surface area (TPSA) is 27.6 Å². The Morgan fingerprint density at radius 1 is 1.33 bits per heavy atom. The van der Waals surface area contributed by atoms with Crippen molar-refractivity contribution < 1.29 is 0 Å². The van der Waals surface area contributed by atoms with Crippen LogP contribution in [0.25, 0.3) is 0 Å². The number of hydrogen-bond donors (Lipinski definition) is 1. The fourth-order valence-corrected chi connectivity index (χ4v) is 1.68. The van der Waals surface area contributed by atoms with Gasteiger partial charge in [0.2, 0.25) is 0 Å². The summed E-state index contributed by atoms with van der Waals surface area (Å²) >= 11 is 0. The van der Waals surface area contributed by atoms with Crippen LogP contribution in [0.15, 0.2) is 41.5 Å². The van der Waals surface area contributed by atoms with E-state index in [9.17, 15) is 0 Å². The summed E-state index contributed by atoms with van der Waals surface area (Å²) in [5.41, 5.74) is 2.48. The van der Waals surface area contributed by atoms with E-state index in [1.807, 2.05) is 24.4 Å². The van der Waals surface area contributed by atoms with Crippen LogP contribution in [0.2, 0.25) is 0 Å². The molecule has 78 valence electrons. The molecule has 1 atom stereocenters. The molecule has 1 aliphatic heterocycles. The number of hydrogen-bond acceptors (Lipinski definition) is 3. The lowest BCUT2D eigenvalue weighted by molar-refractivity contribution is 0.773. The second-order valence-corrected chi connectivity index (χ2v) is 3.61. The van der Waals surface area contributed by atoms with Crippen LogP contribution < -0.4 is 10.2 Å². The van der Waals surface area contributed by atoms with Crippen molar-refractivity contribution in [2.75, 3.05) is 11.9 Å². The molecular formula is C12H15N3. The molecule has 0 bridgehead atoms. The van der Waals surface area contributed by atoms with Gasteiger partial charge in [-0.3, -0.25) is 0 Å². The highest BCUT2D eigenvalue weighted by Gasteiger charge is 2.12. The van der Waals surface area contributed by atoms with E-state index in [1.165, 1.54) is 11.3 Å².